The minimum Gasteiger partial charge on any atom is -0.368 e. The summed E-state index contributed by atoms with van der Waals surface area (Å²) in [5, 5.41) is 4.18. The molecule has 0 spiro atoms. The number of hydrogen-bond acceptors (Lipinski definition) is 9. The molecule has 0 saturated carbocycles. The Morgan fingerprint density at radius 3 is 2.56 bits per heavy atom. The zero-order valence-corrected chi connectivity index (χ0v) is 14.9. The first-order valence-corrected chi connectivity index (χ1v) is 8.25. The van der Waals surface area contributed by atoms with Crippen LogP contribution in [0.25, 0.3) is 23.1 Å². The summed E-state index contributed by atoms with van der Waals surface area (Å²) in [6.45, 7) is 0. The number of pyridine rings is 1. The van der Waals surface area contributed by atoms with E-state index in [2.05, 4.69) is 30.1 Å². The molecule has 1 aromatic carbocycles. The van der Waals surface area contributed by atoms with Crippen molar-refractivity contribution in [2.24, 2.45) is 0 Å². The van der Waals surface area contributed by atoms with Crippen LogP contribution in [0.2, 0.25) is 5.15 Å². The fraction of sp³-hybridized carbons (Fsp3) is 0.0588. The van der Waals surface area contributed by atoms with Crippen molar-refractivity contribution in [3.8, 4) is 23.1 Å². The highest BCUT2D eigenvalue weighted by molar-refractivity contribution is 6.31. The maximum atomic E-state index is 6.07. The summed E-state index contributed by atoms with van der Waals surface area (Å²) in [6.07, 6.45) is 1.57. The molecule has 3 heterocycles. The van der Waals surface area contributed by atoms with E-state index in [9.17, 15) is 0 Å². The number of nitrogens with two attached hydrogens (primary N) is 1. The summed E-state index contributed by atoms with van der Waals surface area (Å²) < 4.78 is 5.27. The third-order valence-corrected chi connectivity index (χ3v) is 4.00. The summed E-state index contributed by atoms with van der Waals surface area (Å²) in [5.74, 6) is 0.968. The number of anilines is 3. The van der Waals surface area contributed by atoms with Gasteiger partial charge in [0.15, 0.2) is 0 Å². The molecule has 0 fully saturated rings. The monoisotopic (exact) mass is 380 g/mol. The minimum absolute atomic E-state index is 0.0449. The Morgan fingerprint density at radius 1 is 0.963 bits per heavy atom. The predicted octanol–water partition coefficient (Wildman–Crippen LogP) is 2.99. The molecule has 0 aliphatic rings. The van der Waals surface area contributed by atoms with Crippen molar-refractivity contribution in [2.75, 3.05) is 17.7 Å². The number of hydrogen-bond donors (Lipinski definition) is 1. The Kier molecular flexibility index (Phi) is 4.35. The van der Waals surface area contributed by atoms with Crippen LogP contribution in [-0.2, 0) is 0 Å². The molecular formula is C17H13ClN8O. The van der Waals surface area contributed by atoms with Gasteiger partial charge in [0.25, 0.3) is 5.89 Å². The van der Waals surface area contributed by atoms with E-state index in [0.717, 1.165) is 5.69 Å². The topological polar surface area (TPSA) is 120 Å². The summed E-state index contributed by atoms with van der Waals surface area (Å²) in [4.78, 5) is 22.8. The molecule has 0 bridgehead atoms. The first-order valence-electron chi connectivity index (χ1n) is 7.87. The molecule has 3 aromatic heterocycles. The second-order valence-corrected chi connectivity index (χ2v) is 5.83. The van der Waals surface area contributed by atoms with Gasteiger partial charge in [0.1, 0.15) is 5.15 Å². The predicted molar refractivity (Wildman–Crippen MR) is 100 cm³/mol. The third kappa shape index (κ3) is 3.40. The summed E-state index contributed by atoms with van der Waals surface area (Å²) in [6, 6.07) is 13.1. The van der Waals surface area contributed by atoms with Crippen molar-refractivity contribution in [3.05, 3.63) is 53.8 Å². The Bertz CT molecular complexity index is 1090. The number of benzene rings is 1. The zero-order valence-electron chi connectivity index (χ0n) is 14.1. The number of halogens is 1. The number of nitrogen functional groups attached to an aromatic ring is 1. The lowest BCUT2D eigenvalue weighted by Gasteiger charge is -2.17. The Balaban J connectivity index is 1.71. The van der Waals surface area contributed by atoms with Crippen LogP contribution in [0.1, 0.15) is 0 Å². The summed E-state index contributed by atoms with van der Waals surface area (Å²) >= 11 is 6.07. The lowest BCUT2D eigenvalue weighted by molar-refractivity contribution is 0.431. The van der Waals surface area contributed by atoms with Crippen molar-refractivity contribution in [1.82, 2.24) is 30.1 Å². The highest BCUT2D eigenvalue weighted by Gasteiger charge is 2.18. The fourth-order valence-electron chi connectivity index (χ4n) is 2.37. The van der Waals surface area contributed by atoms with Gasteiger partial charge in [-0.2, -0.15) is 19.9 Å². The molecule has 4 rings (SSSR count). The Hall–Kier alpha value is -3.59. The lowest BCUT2D eigenvalue weighted by Crippen LogP contribution is -2.15. The first kappa shape index (κ1) is 16.9. The third-order valence-electron chi connectivity index (χ3n) is 3.70. The van der Waals surface area contributed by atoms with Crippen molar-refractivity contribution < 1.29 is 4.52 Å². The second-order valence-electron chi connectivity index (χ2n) is 5.48. The van der Waals surface area contributed by atoms with E-state index in [1.807, 2.05) is 37.4 Å². The van der Waals surface area contributed by atoms with Crippen molar-refractivity contribution >= 4 is 29.2 Å². The van der Waals surface area contributed by atoms with E-state index in [1.54, 1.807) is 23.2 Å². The molecule has 0 atom stereocenters. The van der Waals surface area contributed by atoms with Crippen LogP contribution in [0.4, 0.5) is 17.6 Å². The van der Waals surface area contributed by atoms with Crippen LogP contribution in [0.3, 0.4) is 0 Å². The average molecular weight is 381 g/mol. The van der Waals surface area contributed by atoms with Gasteiger partial charge in [0.2, 0.25) is 23.5 Å². The molecule has 0 amide bonds. The molecule has 0 unspecified atom stereocenters. The van der Waals surface area contributed by atoms with Gasteiger partial charge in [-0.25, -0.2) is 4.98 Å². The van der Waals surface area contributed by atoms with E-state index in [0.29, 0.717) is 11.5 Å². The maximum absolute atomic E-state index is 6.07. The summed E-state index contributed by atoms with van der Waals surface area (Å²) in [7, 11) is 1.82. The van der Waals surface area contributed by atoms with Gasteiger partial charge in [-0.15, -0.1) is 0 Å². The SMILES string of the molecule is CN(c1ccccc1)c1nc(N)nc(-c2noc(-c3cccnc3Cl)n2)n1. The lowest BCUT2D eigenvalue weighted by atomic mass is 10.3. The van der Waals surface area contributed by atoms with Gasteiger partial charge in [-0.3, -0.25) is 0 Å². The van der Waals surface area contributed by atoms with Crippen LogP contribution >= 0.6 is 11.6 Å². The Labute approximate surface area is 158 Å². The molecule has 0 aliphatic heterocycles. The minimum atomic E-state index is 0.0449. The highest BCUT2D eigenvalue weighted by atomic mass is 35.5. The maximum Gasteiger partial charge on any atom is 0.261 e. The van der Waals surface area contributed by atoms with Crippen LogP contribution in [0.15, 0.2) is 53.2 Å². The zero-order chi connectivity index (χ0) is 18.8. The van der Waals surface area contributed by atoms with Crippen LogP contribution < -0.4 is 10.6 Å². The standard InChI is InChI=1S/C17H13ClN8O/c1-26(10-6-3-2-4-7-10)17-23-13(22-16(19)24-17)14-21-15(27-25-14)11-8-5-9-20-12(11)18/h2-9H,1H3,(H2,19,22,23,24). The molecule has 27 heavy (non-hydrogen) atoms. The quantitative estimate of drug-likeness (QED) is 0.532. The smallest absolute Gasteiger partial charge is 0.261 e. The molecule has 0 radical (unpaired) electrons. The van der Waals surface area contributed by atoms with E-state index in [-0.39, 0.29) is 28.6 Å². The van der Waals surface area contributed by atoms with Gasteiger partial charge in [-0.05, 0) is 24.3 Å². The van der Waals surface area contributed by atoms with Gasteiger partial charge >= 0.3 is 0 Å². The molecule has 0 saturated heterocycles. The number of nitrogens with zero attached hydrogens (tertiary/aromatic N) is 7. The van der Waals surface area contributed by atoms with Gasteiger partial charge < -0.3 is 15.2 Å². The van der Waals surface area contributed by atoms with Gasteiger partial charge in [0.05, 0.1) is 5.56 Å². The van der Waals surface area contributed by atoms with Crippen LogP contribution in [0, 0.1) is 0 Å². The van der Waals surface area contributed by atoms with Crippen molar-refractivity contribution in [1.29, 1.82) is 0 Å². The second kappa shape index (κ2) is 6.96. The van der Waals surface area contributed by atoms with Gasteiger partial charge in [-0.1, -0.05) is 35.0 Å². The molecular weight excluding hydrogens is 368 g/mol. The molecule has 10 heteroatoms. The summed E-state index contributed by atoms with van der Waals surface area (Å²) in [5.41, 5.74) is 7.26. The van der Waals surface area contributed by atoms with Crippen LogP contribution in [0.5, 0.6) is 0 Å². The van der Waals surface area contributed by atoms with Gasteiger partial charge in [0, 0.05) is 18.9 Å². The van der Waals surface area contributed by atoms with Crippen LogP contribution in [-0.4, -0.2) is 37.1 Å². The first-order chi connectivity index (χ1) is 13.1. The fourth-order valence-corrected chi connectivity index (χ4v) is 2.57. The molecule has 4 aromatic rings. The average Bonchev–Trinajstić information content (AvgIpc) is 3.18. The Morgan fingerprint density at radius 2 is 1.78 bits per heavy atom. The van der Waals surface area contributed by atoms with Crippen molar-refractivity contribution in [3.63, 3.8) is 0 Å². The number of rotatable bonds is 4. The molecule has 0 aliphatic carbocycles. The van der Waals surface area contributed by atoms with Crippen molar-refractivity contribution in [2.45, 2.75) is 0 Å². The molecule has 9 nitrogen and oxygen atoms in total. The molecule has 134 valence electrons. The van der Waals surface area contributed by atoms with E-state index in [4.69, 9.17) is 21.9 Å². The normalized spacial score (nSPS) is 10.7. The van der Waals surface area contributed by atoms with E-state index in [1.165, 1.54) is 0 Å². The number of aromatic nitrogens is 6. The highest BCUT2D eigenvalue weighted by Crippen LogP contribution is 2.27. The van der Waals surface area contributed by atoms with E-state index < -0.39 is 0 Å². The largest absolute Gasteiger partial charge is 0.368 e. The number of para-hydroxylation sites is 1. The van der Waals surface area contributed by atoms with E-state index >= 15 is 0 Å². The molecule has 2 N–H and O–H groups in total.